The number of nitrogens with zero attached hydrogens (tertiary/aromatic N) is 1. The molecular formula is C48H33NOS. The van der Waals surface area contributed by atoms with Gasteiger partial charge in [0.25, 0.3) is 0 Å². The molecule has 242 valence electrons. The Balaban J connectivity index is 1.02. The second kappa shape index (κ2) is 12.3. The first kappa shape index (κ1) is 29.7. The number of rotatable bonds is 6. The van der Waals surface area contributed by atoms with Gasteiger partial charge in [0.2, 0.25) is 0 Å². The number of para-hydroxylation sites is 1. The maximum atomic E-state index is 6.10. The van der Waals surface area contributed by atoms with E-state index in [0.29, 0.717) is 0 Å². The number of hydrogen-bond donors (Lipinski definition) is 0. The molecule has 0 N–H and O–H groups in total. The van der Waals surface area contributed by atoms with Crippen LogP contribution >= 0.6 is 11.3 Å². The Kier molecular flexibility index (Phi) is 7.18. The lowest BCUT2D eigenvalue weighted by Crippen LogP contribution is -2.10. The molecule has 10 rings (SSSR count). The summed E-state index contributed by atoms with van der Waals surface area (Å²) in [7, 11) is 0. The van der Waals surface area contributed by atoms with Crippen LogP contribution in [0.15, 0.2) is 180 Å². The van der Waals surface area contributed by atoms with E-state index >= 15 is 0 Å². The zero-order chi connectivity index (χ0) is 33.7. The third-order valence-electron chi connectivity index (χ3n) is 10.2. The van der Waals surface area contributed by atoms with Crippen molar-refractivity contribution in [2.75, 3.05) is 4.90 Å². The van der Waals surface area contributed by atoms with E-state index in [1.165, 1.54) is 53.9 Å². The highest BCUT2D eigenvalue weighted by Crippen LogP contribution is 2.43. The summed E-state index contributed by atoms with van der Waals surface area (Å²) in [5.74, 6) is 0. The minimum absolute atomic E-state index is 0.915. The zero-order valence-electron chi connectivity index (χ0n) is 27.9. The van der Waals surface area contributed by atoms with Gasteiger partial charge >= 0.3 is 0 Å². The molecule has 9 aromatic rings. The summed E-state index contributed by atoms with van der Waals surface area (Å²) in [5, 5.41) is 3.70. The number of anilines is 3. The fourth-order valence-electron chi connectivity index (χ4n) is 7.65. The fraction of sp³-hybridized carbons (Fsp3) is 0.0417. The van der Waals surface area contributed by atoms with Crippen molar-refractivity contribution in [3.63, 3.8) is 0 Å². The van der Waals surface area contributed by atoms with Crippen LogP contribution < -0.4 is 4.90 Å². The van der Waals surface area contributed by atoms with E-state index in [1.54, 1.807) is 0 Å². The fourth-order valence-corrected chi connectivity index (χ4v) is 8.96. The van der Waals surface area contributed by atoms with Crippen LogP contribution in [-0.2, 0) is 6.42 Å². The van der Waals surface area contributed by atoms with Gasteiger partial charge in [0.15, 0.2) is 0 Å². The molecule has 1 aliphatic carbocycles. The highest BCUT2D eigenvalue weighted by molar-refractivity contribution is 7.20. The van der Waals surface area contributed by atoms with E-state index in [0.717, 1.165) is 51.8 Å². The van der Waals surface area contributed by atoms with Gasteiger partial charge in [-0.2, -0.15) is 0 Å². The molecule has 0 amide bonds. The van der Waals surface area contributed by atoms with E-state index in [2.05, 4.69) is 169 Å². The van der Waals surface area contributed by atoms with E-state index in [9.17, 15) is 0 Å². The molecule has 51 heavy (non-hydrogen) atoms. The number of hydrogen-bond acceptors (Lipinski definition) is 3. The smallest absolute Gasteiger partial charge is 0.135 e. The molecule has 0 spiro atoms. The highest BCUT2D eigenvalue weighted by atomic mass is 32.1. The highest BCUT2D eigenvalue weighted by Gasteiger charge is 2.21. The van der Waals surface area contributed by atoms with Crippen LogP contribution in [0.1, 0.15) is 22.4 Å². The maximum absolute atomic E-state index is 6.10. The van der Waals surface area contributed by atoms with Crippen LogP contribution in [0.4, 0.5) is 17.1 Å². The third-order valence-corrected chi connectivity index (χ3v) is 11.4. The molecule has 0 radical (unpaired) electrons. The van der Waals surface area contributed by atoms with Gasteiger partial charge in [0, 0.05) is 37.4 Å². The Morgan fingerprint density at radius 2 is 1.00 bits per heavy atom. The zero-order valence-corrected chi connectivity index (χ0v) is 28.7. The van der Waals surface area contributed by atoms with Crippen molar-refractivity contribution in [2.45, 2.75) is 12.8 Å². The lowest BCUT2D eigenvalue weighted by atomic mass is 9.91. The van der Waals surface area contributed by atoms with Crippen LogP contribution in [0.3, 0.4) is 0 Å². The predicted molar refractivity (Wildman–Crippen MR) is 216 cm³/mol. The third kappa shape index (κ3) is 5.26. The molecule has 0 bridgehead atoms. The van der Waals surface area contributed by atoms with Crippen molar-refractivity contribution in [3.05, 3.63) is 192 Å². The number of allylic oxidation sites excluding steroid dienone is 1. The molecule has 3 heteroatoms. The molecule has 0 atom stereocenters. The largest absolute Gasteiger partial charge is 0.456 e. The van der Waals surface area contributed by atoms with Crippen molar-refractivity contribution < 1.29 is 4.42 Å². The Morgan fingerprint density at radius 3 is 1.73 bits per heavy atom. The molecule has 7 aromatic carbocycles. The number of furan rings is 1. The first-order chi connectivity index (χ1) is 25.3. The predicted octanol–water partition coefficient (Wildman–Crippen LogP) is 14.0. The van der Waals surface area contributed by atoms with Gasteiger partial charge in [-0.1, -0.05) is 115 Å². The Hall–Kier alpha value is -6.16. The molecule has 0 aliphatic heterocycles. The van der Waals surface area contributed by atoms with Crippen molar-refractivity contribution in [1.29, 1.82) is 0 Å². The van der Waals surface area contributed by atoms with Crippen molar-refractivity contribution in [2.24, 2.45) is 0 Å². The summed E-state index contributed by atoms with van der Waals surface area (Å²) in [5.41, 5.74) is 14.1. The monoisotopic (exact) mass is 671 g/mol. The average molecular weight is 672 g/mol. The minimum atomic E-state index is 0.915. The van der Waals surface area contributed by atoms with Crippen LogP contribution in [0.2, 0.25) is 0 Å². The minimum Gasteiger partial charge on any atom is -0.456 e. The van der Waals surface area contributed by atoms with Crippen LogP contribution in [0.25, 0.3) is 59.9 Å². The second-order valence-electron chi connectivity index (χ2n) is 13.2. The lowest BCUT2D eigenvalue weighted by Gasteiger charge is -2.26. The standard InChI is InChI=1S/C48H33NOS/c1-2-9-32(10-3-1)33-17-24-37(25-18-33)49(38-26-19-34(20-27-38)36-23-30-46-44(31-36)41-11-4-6-15-45(41)50-46)39-28-21-35(22-29-39)40-13-8-14-43-42-12-5-7-16-47(42)51-48(40)43/h1-7,9-13,15-31H,8,14H2. The summed E-state index contributed by atoms with van der Waals surface area (Å²) in [6.07, 6.45) is 4.60. The average Bonchev–Trinajstić information content (AvgIpc) is 3.77. The first-order valence-corrected chi connectivity index (χ1v) is 18.4. The molecule has 0 saturated heterocycles. The lowest BCUT2D eigenvalue weighted by molar-refractivity contribution is 0.669. The molecule has 1 aliphatic rings. The number of fused-ring (bicyclic) bond motifs is 6. The van der Waals surface area contributed by atoms with Gasteiger partial charge in [-0.05, 0) is 118 Å². The molecule has 2 aromatic heterocycles. The van der Waals surface area contributed by atoms with Crippen LogP contribution in [-0.4, -0.2) is 0 Å². The van der Waals surface area contributed by atoms with Gasteiger partial charge in [0.05, 0.1) is 0 Å². The Labute approximate surface area is 301 Å². The summed E-state index contributed by atoms with van der Waals surface area (Å²) in [6.45, 7) is 0. The van der Waals surface area contributed by atoms with E-state index in [4.69, 9.17) is 4.42 Å². The van der Waals surface area contributed by atoms with Gasteiger partial charge < -0.3 is 9.32 Å². The normalized spacial score (nSPS) is 12.7. The summed E-state index contributed by atoms with van der Waals surface area (Å²) < 4.78 is 7.47. The van der Waals surface area contributed by atoms with Gasteiger partial charge in [0.1, 0.15) is 11.2 Å². The van der Waals surface area contributed by atoms with E-state index in [1.807, 2.05) is 23.5 Å². The van der Waals surface area contributed by atoms with Crippen LogP contribution in [0.5, 0.6) is 0 Å². The van der Waals surface area contributed by atoms with Gasteiger partial charge in [-0.3, -0.25) is 0 Å². The maximum Gasteiger partial charge on any atom is 0.135 e. The quantitative estimate of drug-likeness (QED) is 0.175. The molecule has 0 saturated carbocycles. The van der Waals surface area contributed by atoms with Crippen molar-refractivity contribution >= 4 is 66.0 Å². The molecule has 2 nitrogen and oxygen atoms in total. The van der Waals surface area contributed by atoms with Gasteiger partial charge in [-0.25, -0.2) is 0 Å². The molecule has 0 unspecified atom stereocenters. The summed E-state index contributed by atoms with van der Waals surface area (Å²) >= 11 is 1.92. The van der Waals surface area contributed by atoms with E-state index < -0.39 is 0 Å². The molecule has 0 fully saturated rings. The number of thiophene rings is 1. The second-order valence-corrected chi connectivity index (χ2v) is 14.3. The summed E-state index contributed by atoms with van der Waals surface area (Å²) in [4.78, 5) is 3.77. The van der Waals surface area contributed by atoms with Gasteiger partial charge in [-0.15, -0.1) is 11.3 Å². The number of benzene rings is 7. The molecular weight excluding hydrogens is 639 g/mol. The number of aryl methyl sites for hydroxylation is 1. The van der Waals surface area contributed by atoms with Crippen molar-refractivity contribution in [1.82, 2.24) is 0 Å². The Morgan fingerprint density at radius 1 is 0.451 bits per heavy atom. The topological polar surface area (TPSA) is 16.4 Å². The van der Waals surface area contributed by atoms with Crippen LogP contribution in [0, 0.1) is 0 Å². The SMILES string of the molecule is C1=C(c2ccc(N(c3ccc(-c4ccccc4)cc3)c3ccc(-c4ccc5oc6ccccc6c5c4)cc3)cc2)c2sc3ccccc3c2CC1. The first-order valence-electron chi connectivity index (χ1n) is 17.6. The summed E-state index contributed by atoms with van der Waals surface area (Å²) in [6, 6.07) is 61.1. The van der Waals surface area contributed by atoms with Crippen molar-refractivity contribution in [3.8, 4) is 22.3 Å². The Bertz CT molecular complexity index is 2720. The molecule has 2 heterocycles. The van der Waals surface area contributed by atoms with E-state index in [-0.39, 0.29) is 0 Å².